The van der Waals surface area contributed by atoms with Crippen molar-refractivity contribution in [1.82, 2.24) is 0 Å². The van der Waals surface area contributed by atoms with E-state index in [1.807, 2.05) is 13.8 Å². The summed E-state index contributed by atoms with van der Waals surface area (Å²) in [5.41, 5.74) is 7.53. The minimum absolute atomic E-state index is 0.253. The van der Waals surface area contributed by atoms with Crippen molar-refractivity contribution in [2.75, 3.05) is 12.8 Å². The number of alkyl halides is 2. The molecule has 0 amide bonds. The molecule has 0 spiro atoms. The van der Waals surface area contributed by atoms with Crippen molar-refractivity contribution in [3.05, 3.63) is 23.3 Å². The second-order valence-corrected chi connectivity index (χ2v) is 3.94. The van der Waals surface area contributed by atoms with Crippen molar-refractivity contribution >= 4 is 11.9 Å². The zero-order chi connectivity index (χ0) is 13.0. The lowest BCUT2D eigenvalue weighted by Crippen LogP contribution is -2.01. The molecule has 0 radical (unpaired) electrons. The van der Waals surface area contributed by atoms with Crippen LogP contribution in [0.4, 0.5) is 14.5 Å². The predicted octanol–water partition coefficient (Wildman–Crippen LogP) is 3.04. The summed E-state index contributed by atoms with van der Waals surface area (Å²) < 4.78 is 29.2. The molecule has 3 nitrogen and oxygen atoms in total. The highest BCUT2D eigenvalue weighted by molar-refractivity contribution is 5.89. The Hall–Kier alpha value is -1.65. The van der Waals surface area contributed by atoms with Gasteiger partial charge in [0, 0.05) is 11.8 Å². The molecule has 1 rings (SSSR count). The van der Waals surface area contributed by atoms with Crippen LogP contribution in [-0.2, 0) is 0 Å². The summed E-state index contributed by atoms with van der Waals surface area (Å²) in [6, 6.07) is 3.55. The molecule has 0 bridgehead atoms. The Bertz CT molecular complexity index is 417. The Kier molecular flexibility index (Phi) is 4.43. The van der Waals surface area contributed by atoms with Crippen LogP contribution in [0.5, 0.6) is 5.75 Å². The molecule has 94 valence electrons. The van der Waals surface area contributed by atoms with Gasteiger partial charge in [0.15, 0.2) is 0 Å². The molecule has 17 heavy (non-hydrogen) atoms. The molecule has 1 aromatic rings. The third kappa shape index (κ3) is 3.41. The number of aliphatic imine (C=N–C) groups is 1. The highest BCUT2D eigenvalue weighted by atomic mass is 19.3. The smallest absolute Gasteiger partial charge is 0.331 e. The van der Waals surface area contributed by atoms with Crippen molar-refractivity contribution in [2.24, 2.45) is 4.99 Å². The SMILES string of the molecule is COc1cc(C(C)C)cc(/C=N/C(F)F)c1N. The number of ether oxygens (including phenoxy) is 1. The van der Waals surface area contributed by atoms with E-state index in [2.05, 4.69) is 4.99 Å². The molecular weight excluding hydrogens is 226 g/mol. The van der Waals surface area contributed by atoms with Crippen LogP contribution in [0.1, 0.15) is 30.9 Å². The first-order chi connectivity index (χ1) is 7.95. The highest BCUT2D eigenvalue weighted by Gasteiger charge is 2.10. The molecule has 1 aromatic carbocycles. The molecule has 2 N–H and O–H groups in total. The second-order valence-electron chi connectivity index (χ2n) is 3.94. The average molecular weight is 242 g/mol. The van der Waals surface area contributed by atoms with Crippen molar-refractivity contribution in [3.8, 4) is 5.75 Å². The maximum atomic E-state index is 12.0. The number of hydrogen-bond donors (Lipinski definition) is 1. The van der Waals surface area contributed by atoms with Crippen LogP contribution in [0.3, 0.4) is 0 Å². The molecular formula is C12H16F2N2O. The first kappa shape index (κ1) is 13.4. The van der Waals surface area contributed by atoms with Crippen LogP contribution in [0.15, 0.2) is 17.1 Å². The van der Waals surface area contributed by atoms with E-state index < -0.39 is 6.55 Å². The number of anilines is 1. The molecule has 0 saturated carbocycles. The van der Waals surface area contributed by atoms with E-state index in [-0.39, 0.29) is 5.92 Å². The molecule has 0 fully saturated rings. The van der Waals surface area contributed by atoms with E-state index in [9.17, 15) is 8.78 Å². The van der Waals surface area contributed by atoms with E-state index >= 15 is 0 Å². The normalized spacial score (nSPS) is 11.7. The van der Waals surface area contributed by atoms with Crippen LogP contribution in [0, 0.1) is 0 Å². The third-order valence-corrected chi connectivity index (χ3v) is 2.41. The predicted molar refractivity (Wildman–Crippen MR) is 65.1 cm³/mol. The van der Waals surface area contributed by atoms with Gasteiger partial charge < -0.3 is 10.5 Å². The summed E-state index contributed by atoms with van der Waals surface area (Å²) in [7, 11) is 1.49. The summed E-state index contributed by atoms with van der Waals surface area (Å²) >= 11 is 0. The number of nitrogen functional groups attached to an aromatic ring is 1. The standard InChI is InChI=1S/C12H16F2N2O/c1-7(2)8-4-9(6-16-12(13)14)11(15)10(5-8)17-3/h4-7,12H,15H2,1-3H3/b16-6+. The number of methoxy groups -OCH3 is 1. The molecule has 0 aromatic heterocycles. The first-order valence-corrected chi connectivity index (χ1v) is 5.24. The van der Waals surface area contributed by atoms with Gasteiger partial charge in [-0.1, -0.05) is 13.8 Å². The van der Waals surface area contributed by atoms with Crippen molar-refractivity contribution in [3.63, 3.8) is 0 Å². The van der Waals surface area contributed by atoms with Crippen LogP contribution in [0.25, 0.3) is 0 Å². The van der Waals surface area contributed by atoms with Gasteiger partial charge in [0.2, 0.25) is 0 Å². The lowest BCUT2D eigenvalue weighted by atomic mass is 9.99. The fourth-order valence-corrected chi connectivity index (χ4v) is 1.42. The van der Waals surface area contributed by atoms with Gasteiger partial charge in [-0.05, 0) is 23.6 Å². The Morgan fingerprint density at radius 1 is 1.35 bits per heavy atom. The second kappa shape index (κ2) is 5.61. The minimum atomic E-state index is -2.73. The maximum absolute atomic E-state index is 12.0. The van der Waals surface area contributed by atoms with E-state index in [4.69, 9.17) is 10.5 Å². The van der Waals surface area contributed by atoms with Gasteiger partial charge in [-0.2, -0.15) is 8.78 Å². The van der Waals surface area contributed by atoms with Gasteiger partial charge in [0.05, 0.1) is 12.8 Å². The Balaban J connectivity index is 3.22. The van der Waals surface area contributed by atoms with Crippen LogP contribution >= 0.6 is 0 Å². The first-order valence-electron chi connectivity index (χ1n) is 5.24. The quantitative estimate of drug-likeness (QED) is 0.501. The monoisotopic (exact) mass is 242 g/mol. The largest absolute Gasteiger partial charge is 0.495 e. The topological polar surface area (TPSA) is 47.6 Å². The summed E-state index contributed by atoms with van der Waals surface area (Å²) in [5, 5.41) is 0. The van der Waals surface area contributed by atoms with Gasteiger partial charge in [0.25, 0.3) is 0 Å². The molecule has 0 atom stereocenters. The Morgan fingerprint density at radius 2 is 2.00 bits per heavy atom. The average Bonchev–Trinajstić information content (AvgIpc) is 2.27. The molecule has 0 aliphatic rings. The number of nitrogens with two attached hydrogens (primary N) is 1. The van der Waals surface area contributed by atoms with Crippen LogP contribution < -0.4 is 10.5 Å². The van der Waals surface area contributed by atoms with Gasteiger partial charge in [-0.15, -0.1) is 0 Å². The van der Waals surface area contributed by atoms with Gasteiger partial charge >= 0.3 is 6.55 Å². The Morgan fingerprint density at radius 3 is 2.47 bits per heavy atom. The lowest BCUT2D eigenvalue weighted by Gasteiger charge is -2.12. The van der Waals surface area contributed by atoms with E-state index in [1.54, 1.807) is 12.1 Å². The van der Waals surface area contributed by atoms with Crippen molar-refractivity contribution in [1.29, 1.82) is 0 Å². The summed E-state index contributed by atoms with van der Waals surface area (Å²) in [6.07, 6.45) is 1.08. The van der Waals surface area contributed by atoms with E-state index in [0.29, 0.717) is 17.0 Å². The number of nitrogens with zero attached hydrogens (tertiary/aromatic N) is 1. The van der Waals surface area contributed by atoms with Crippen LogP contribution in [0.2, 0.25) is 0 Å². The minimum Gasteiger partial charge on any atom is -0.495 e. The number of hydrogen-bond acceptors (Lipinski definition) is 3. The molecule has 0 aliphatic carbocycles. The van der Waals surface area contributed by atoms with Crippen molar-refractivity contribution < 1.29 is 13.5 Å². The molecule has 0 aliphatic heterocycles. The molecule has 0 saturated heterocycles. The van der Waals surface area contributed by atoms with E-state index in [1.165, 1.54) is 7.11 Å². The molecule has 0 heterocycles. The summed E-state index contributed by atoms with van der Waals surface area (Å²) in [5.74, 6) is 0.732. The maximum Gasteiger partial charge on any atom is 0.331 e. The summed E-state index contributed by atoms with van der Waals surface area (Å²) in [4.78, 5) is 3.04. The Labute approximate surface area is 99.3 Å². The number of rotatable bonds is 4. The van der Waals surface area contributed by atoms with Gasteiger partial charge in [-0.25, -0.2) is 4.99 Å². The third-order valence-electron chi connectivity index (χ3n) is 2.41. The zero-order valence-electron chi connectivity index (χ0n) is 10.1. The van der Waals surface area contributed by atoms with E-state index in [0.717, 1.165) is 11.8 Å². The molecule has 5 heteroatoms. The van der Waals surface area contributed by atoms with Crippen LogP contribution in [-0.4, -0.2) is 19.9 Å². The van der Waals surface area contributed by atoms with Crippen molar-refractivity contribution in [2.45, 2.75) is 26.3 Å². The zero-order valence-corrected chi connectivity index (χ0v) is 10.1. The van der Waals surface area contributed by atoms with Gasteiger partial charge in [0.1, 0.15) is 5.75 Å². The number of halogens is 2. The summed E-state index contributed by atoms with van der Waals surface area (Å²) in [6.45, 7) is 1.26. The highest BCUT2D eigenvalue weighted by Crippen LogP contribution is 2.29. The number of benzene rings is 1. The lowest BCUT2D eigenvalue weighted by molar-refractivity contribution is 0.161. The molecule has 0 unspecified atom stereocenters. The fourth-order valence-electron chi connectivity index (χ4n) is 1.42. The fraction of sp³-hybridized carbons (Fsp3) is 0.417. The van der Waals surface area contributed by atoms with Gasteiger partial charge in [-0.3, -0.25) is 0 Å².